The van der Waals surface area contributed by atoms with Gasteiger partial charge in [-0.2, -0.15) is 0 Å². The predicted octanol–water partition coefficient (Wildman–Crippen LogP) is 4.15. The summed E-state index contributed by atoms with van der Waals surface area (Å²) in [5.41, 5.74) is 0.420. The minimum absolute atomic E-state index is 0.296. The van der Waals surface area contributed by atoms with Gasteiger partial charge in [0.25, 0.3) is 0 Å². The topological polar surface area (TPSA) is 25.2 Å². The van der Waals surface area contributed by atoms with Crippen molar-refractivity contribution in [1.29, 1.82) is 0 Å². The highest BCUT2D eigenvalue weighted by molar-refractivity contribution is 5.03. The third-order valence-corrected chi connectivity index (χ3v) is 2.83. The van der Waals surface area contributed by atoms with Crippen molar-refractivity contribution in [2.75, 3.05) is 0 Å². The van der Waals surface area contributed by atoms with E-state index in [4.69, 9.17) is 4.42 Å². The van der Waals surface area contributed by atoms with Gasteiger partial charge >= 0.3 is 0 Å². The molecule has 0 radical (unpaired) electrons. The molecule has 0 amide bonds. The number of nitrogens with one attached hydrogen (secondary N) is 1. The third kappa shape index (κ3) is 4.84. The lowest BCUT2D eigenvalue weighted by Crippen LogP contribution is -2.29. The van der Waals surface area contributed by atoms with Crippen molar-refractivity contribution in [3.63, 3.8) is 0 Å². The van der Waals surface area contributed by atoms with Crippen LogP contribution < -0.4 is 5.32 Å². The van der Waals surface area contributed by atoms with Gasteiger partial charge in [-0.15, -0.1) is 0 Å². The van der Waals surface area contributed by atoms with E-state index in [1.807, 2.05) is 12.1 Å². The first-order valence-electron chi connectivity index (χ1n) is 6.18. The van der Waals surface area contributed by atoms with Crippen molar-refractivity contribution in [3.8, 4) is 0 Å². The Morgan fingerprint density at radius 2 is 2.00 bits per heavy atom. The van der Waals surface area contributed by atoms with Crippen LogP contribution in [-0.2, 0) is 0 Å². The van der Waals surface area contributed by atoms with Crippen molar-refractivity contribution in [1.82, 2.24) is 5.32 Å². The predicted molar refractivity (Wildman–Crippen MR) is 68.4 cm³/mol. The normalized spacial score (nSPS) is 16.1. The molecule has 92 valence electrons. The molecule has 0 spiro atoms. The average molecular weight is 223 g/mol. The number of hydrogen-bond acceptors (Lipinski definition) is 2. The van der Waals surface area contributed by atoms with Crippen LogP contribution in [0.4, 0.5) is 0 Å². The lowest BCUT2D eigenvalue weighted by Gasteiger charge is -2.23. The second-order valence-electron chi connectivity index (χ2n) is 5.90. The quantitative estimate of drug-likeness (QED) is 0.811. The van der Waals surface area contributed by atoms with Crippen molar-refractivity contribution in [2.24, 2.45) is 5.41 Å². The van der Waals surface area contributed by atoms with Crippen molar-refractivity contribution in [2.45, 2.75) is 59.5 Å². The molecule has 2 heteroatoms. The fourth-order valence-corrected chi connectivity index (χ4v) is 1.78. The van der Waals surface area contributed by atoms with Gasteiger partial charge in [-0.1, -0.05) is 20.8 Å². The molecule has 0 aliphatic rings. The first-order chi connectivity index (χ1) is 7.38. The van der Waals surface area contributed by atoms with Crippen LogP contribution >= 0.6 is 0 Å². The molecule has 0 bridgehead atoms. The molecule has 1 rings (SSSR count). The summed E-state index contributed by atoms with van der Waals surface area (Å²) in [6.07, 6.45) is 4.17. The molecule has 1 heterocycles. The zero-order valence-corrected chi connectivity index (χ0v) is 11.2. The highest BCUT2D eigenvalue weighted by Gasteiger charge is 2.15. The summed E-state index contributed by atoms with van der Waals surface area (Å²) in [5.74, 6) is 1.02. The summed E-state index contributed by atoms with van der Waals surface area (Å²) in [7, 11) is 0. The van der Waals surface area contributed by atoms with Gasteiger partial charge in [-0.05, 0) is 44.2 Å². The zero-order chi connectivity index (χ0) is 12.2. The minimum Gasteiger partial charge on any atom is -0.468 e. The third-order valence-electron chi connectivity index (χ3n) is 2.83. The standard InChI is InChI=1S/C14H25NO/c1-11(8-9-14(3,4)5)15-12(2)13-7-6-10-16-13/h6-7,10-12,15H,8-9H2,1-5H3. The molecule has 0 aromatic carbocycles. The van der Waals surface area contributed by atoms with Gasteiger partial charge in [-0.25, -0.2) is 0 Å². The van der Waals surface area contributed by atoms with Crippen LogP contribution in [0.25, 0.3) is 0 Å². The Hall–Kier alpha value is -0.760. The Labute approximate surface area is 99.4 Å². The summed E-state index contributed by atoms with van der Waals surface area (Å²) in [6.45, 7) is 11.2. The summed E-state index contributed by atoms with van der Waals surface area (Å²) in [4.78, 5) is 0. The maximum Gasteiger partial charge on any atom is 0.120 e. The van der Waals surface area contributed by atoms with Crippen LogP contribution in [0.3, 0.4) is 0 Å². The van der Waals surface area contributed by atoms with E-state index in [-0.39, 0.29) is 0 Å². The molecule has 0 aliphatic heterocycles. The summed E-state index contributed by atoms with van der Waals surface area (Å²) >= 11 is 0. The lowest BCUT2D eigenvalue weighted by atomic mass is 9.89. The van der Waals surface area contributed by atoms with E-state index in [1.165, 1.54) is 12.8 Å². The Balaban J connectivity index is 2.32. The van der Waals surface area contributed by atoms with E-state index in [0.717, 1.165) is 5.76 Å². The van der Waals surface area contributed by atoms with Crippen LogP contribution in [0.5, 0.6) is 0 Å². The van der Waals surface area contributed by atoms with E-state index >= 15 is 0 Å². The molecule has 0 saturated heterocycles. The van der Waals surface area contributed by atoms with Crippen molar-refractivity contribution < 1.29 is 4.42 Å². The fraction of sp³-hybridized carbons (Fsp3) is 0.714. The molecule has 2 atom stereocenters. The van der Waals surface area contributed by atoms with E-state index in [0.29, 0.717) is 17.5 Å². The van der Waals surface area contributed by atoms with E-state index in [9.17, 15) is 0 Å². The maximum absolute atomic E-state index is 5.38. The molecule has 2 unspecified atom stereocenters. The molecule has 0 aliphatic carbocycles. The first kappa shape index (κ1) is 13.3. The summed E-state index contributed by atoms with van der Waals surface area (Å²) in [5, 5.41) is 3.56. The van der Waals surface area contributed by atoms with E-state index in [1.54, 1.807) is 6.26 Å². The van der Waals surface area contributed by atoms with Crippen LogP contribution in [0.15, 0.2) is 22.8 Å². The smallest absolute Gasteiger partial charge is 0.120 e. The first-order valence-corrected chi connectivity index (χ1v) is 6.18. The molecule has 1 aromatic heterocycles. The van der Waals surface area contributed by atoms with Gasteiger partial charge < -0.3 is 9.73 Å². The van der Waals surface area contributed by atoms with E-state index < -0.39 is 0 Å². The summed E-state index contributed by atoms with van der Waals surface area (Å²) in [6, 6.07) is 4.78. The Morgan fingerprint density at radius 3 is 2.50 bits per heavy atom. The molecular formula is C14H25NO. The monoisotopic (exact) mass is 223 g/mol. The Kier molecular flexibility index (Phi) is 4.60. The molecule has 2 nitrogen and oxygen atoms in total. The SMILES string of the molecule is CC(CCC(C)(C)C)NC(C)c1ccco1. The second kappa shape index (κ2) is 5.53. The fourth-order valence-electron chi connectivity index (χ4n) is 1.78. The number of furan rings is 1. The van der Waals surface area contributed by atoms with Crippen LogP contribution in [0, 0.1) is 5.41 Å². The van der Waals surface area contributed by atoms with Crippen molar-refractivity contribution >= 4 is 0 Å². The second-order valence-corrected chi connectivity index (χ2v) is 5.90. The molecule has 0 saturated carbocycles. The molecule has 1 N–H and O–H groups in total. The van der Waals surface area contributed by atoms with Gasteiger partial charge in [0.2, 0.25) is 0 Å². The maximum atomic E-state index is 5.38. The van der Waals surface area contributed by atoms with Crippen LogP contribution in [0.2, 0.25) is 0 Å². The number of hydrogen-bond donors (Lipinski definition) is 1. The van der Waals surface area contributed by atoms with Gasteiger partial charge in [0.1, 0.15) is 5.76 Å². The molecular weight excluding hydrogens is 198 g/mol. The van der Waals surface area contributed by atoms with Gasteiger partial charge in [0.15, 0.2) is 0 Å². The average Bonchev–Trinajstić information content (AvgIpc) is 2.66. The molecule has 16 heavy (non-hydrogen) atoms. The van der Waals surface area contributed by atoms with Gasteiger partial charge in [0.05, 0.1) is 12.3 Å². The molecule has 0 fully saturated rings. The van der Waals surface area contributed by atoms with Gasteiger partial charge in [0, 0.05) is 6.04 Å². The highest BCUT2D eigenvalue weighted by Crippen LogP contribution is 2.22. The zero-order valence-electron chi connectivity index (χ0n) is 11.2. The molecule has 1 aromatic rings. The van der Waals surface area contributed by atoms with Crippen LogP contribution in [0.1, 0.15) is 59.3 Å². The van der Waals surface area contributed by atoms with Gasteiger partial charge in [-0.3, -0.25) is 0 Å². The minimum atomic E-state index is 0.296. The van der Waals surface area contributed by atoms with E-state index in [2.05, 4.69) is 39.9 Å². The Morgan fingerprint density at radius 1 is 1.31 bits per heavy atom. The lowest BCUT2D eigenvalue weighted by molar-refractivity contribution is 0.318. The number of rotatable bonds is 5. The van der Waals surface area contributed by atoms with Crippen molar-refractivity contribution in [3.05, 3.63) is 24.2 Å². The Bertz CT molecular complexity index is 284. The largest absolute Gasteiger partial charge is 0.468 e. The highest BCUT2D eigenvalue weighted by atomic mass is 16.3. The van der Waals surface area contributed by atoms with Crippen LogP contribution in [-0.4, -0.2) is 6.04 Å². The summed E-state index contributed by atoms with van der Waals surface area (Å²) < 4.78 is 5.38.